The summed E-state index contributed by atoms with van der Waals surface area (Å²) in [7, 11) is -3.93. The molecule has 1 atom stereocenters. The van der Waals surface area contributed by atoms with Crippen molar-refractivity contribution in [2.45, 2.75) is 16.9 Å². The molecule has 8 nitrogen and oxygen atoms in total. The first-order valence-electron chi connectivity index (χ1n) is 7.46. The zero-order chi connectivity index (χ0) is 18.5. The highest BCUT2D eigenvalue weighted by Gasteiger charge is 2.28. The van der Waals surface area contributed by atoms with Crippen LogP contribution in [0.5, 0.6) is 0 Å². The van der Waals surface area contributed by atoms with E-state index < -0.39 is 20.5 Å². The molecule has 0 unspecified atom stereocenters. The minimum absolute atomic E-state index is 0.128. The molecule has 0 heterocycles. The van der Waals surface area contributed by atoms with Crippen LogP contribution in [0.4, 0.5) is 5.69 Å². The van der Waals surface area contributed by atoms with Crippen LogP contribution in [-0.2, 0) is 16.4 Å². The molecule has 2 aromatic rings. The molecule has 134 valence electrons. The minimum Gasteiger partial charge on any atom is -0.387 e. The average molecular weight is 365 g/mol. The Balaban J connectivity index is 2.09. The van der Waals surface area contributed by atoms with Gasteiger partial charge in [-0.25, -0.2) is 13.1 Å². The van der Waals surface area contributed by atoms with E-state index in [4.69, 9.17) is 5.73 Å². The van der Waals surface area contributed by atoms with Crippen LogP contribution < -0.4 is 10.5 Å². The molecule has 0 spiro atoms. The van der Waals surface area contributed by atoms with Crippen LogP contribution in [0.25, 0.3) is 0 Å². The fourth-order valence-electron chi connectivity index (χ4n) is 2.24. The summed E-state index contributed by atoms with van der Waals surface area (Å²) in [5, 5.41) is 21.2. The van der Waals surface area contributed by atoms with Gasteiger partial charge < -0.3 is 10.8 Å². The van der Waals surface area contributed by atoms with Gasteiger partial charge in [-0.05, 0) is 17.7 Å². The standard InChI is InChI=1S/C16H19N3O5S/c17-11-16(20,10-13-4-2-1-3-5-13)12-18-25(23,24)15-8-6-14(7-9-15)19(21)22/h1-9,18,20H,10-12,17H2/t16-/m1/s1. The van der Waals surface area contributed by atoms with Gasteiger partial charge in [0.2, 0.25) is 10.0 Å². The van der Waals surface area contributed by atoms with Crippen molar-refractivity contribution in [1.29, 1.82) is 0 Å². The van der Waals surface area contributed by atoms with Crippen LogP contribution in [0, 0.1) is 10.1 Å². The summed E-state index contributed by atoms with van der Waals surface area (Å²) in [6.07, 6.45) is 0.188. The van der Waals surface area contributed by atoms with Crippen molar-refractivity contribution >= 4 is 15.7 Å². The molecule has 0 saturated heterocycles. The predicted molar refractivity (Wildman–Crippen MR) is 92.4 cm³/mol. The Morgan fingerprint density at radius 3 is 2.24 bits per heavy atom. The van der Waals surface area contributed by atoms with E-state index in [2.05, 4.69) is 4.72 Å². The molecule has 4 N–H and O–H groups in total. The minimum atomic E-state index is -3.93. The summed E-state index contributed by atoms with van der Waals surface area (Å²) in [5.41, 5.74) is 4.78. The first kappa shape index (κ1) is 19.0. The largest absolute Gasteiger partial charge is 0.387 e. The van der Waals surface area contributed by atoms with Crippen molar-refractivity contribution in [1.82, 2.24) is 4.72 Å². The van der Waals surface area contributed by atoms with E-state index in [-0.39, 0.29) is 30.1 Å². The van der Waals surface area contributed by atoms with E-state index in [1.54, 1.807) is 0 Å². The molecule has 0 aliphatic carbocycles. The normalized spacial score (nSPS) is 14.0. The molecule has 2 rings (SSSR count). The lowest BCUT2D eigenvalue weighted by molar-refractivity contribution is -0.384. The lowest BCUT2D eigenvalue weighted by atomic mass is 9.95. The topological polar surface area (TPSA) is 136 Å². The van der Waals surface area contributed by atoms with Gasteiger partial charge in [-0.15, -0.1) is 0 Å². The Morgan fingerprint density at radius 1 is 1.12 bits per heavy atom. The zero-order valence-corrected chi connectivity index (χ0v) is 14.1. The number of nitro groups is 1. The first-order valence-corrected chi connectivity index (χ1v) is 8.95. The van der Waals surface area contributed by atoms with Crippen molar-refractivity contribution in [2.75, 3.05) is 13.1 Å². The van der Waals surface area contributed by atoms with Crippen LogP contribution in [0.1, 0.15) is 5.56 Å². The SMILES string of the molecule is NC[C@@](O)(CNS(=O)(=O)c1ccc([N+](=O)[O-])cc1)Cc1ccccc1. The number of nitrogens with one attached hydrogen (secondary N) is 1. The fraction of sp³-hybridized carbons (Fsp3) is 0.250. The second-order valence-corrected chi connectivity index (χ2v) is 7.43. The van der Waals surface area contributed by atoms with Gasteiger partial charge in [0.1, 0.15) is 0 Å². The molecule has 2 aromatic carbocycles. The summed E-state index contributed by atoms with van der Waals surface area (Å²) in [5.74, 6) is 0. The third-order valence-electron chi connectivity index (χ3n) is 3.71. The van der Waals surface area contributed by atoms with Gasteiger partial charge in [0, 0.05) is 31.6 Å². The van der Waals surface area contributed by atoms with Crippen LogP contribution in [-0.4, -0.2) is 37.1 Å². The number of nitrogens with zero attached hydrogens (tertiary/aromatic N) is 1. The highest BCUT2D eigenvalue weighted by atomic mass is 32.2. The number of sulfonamides is 1. The maximum atomic E-state index is 12.3. The Hall–Kier alpha value is -2.33. The van der Waals surface area contributed by atoms with Crippen molar-refractivity contribution in [3.63, 3.8) is 0 Å². The van der Waals surface area contributed by atoms with Gasteiger partial charge in [0.05, 0.1) is 15.4 Å². The molecule has 25 heavy (non-hydrogen) atoms. The molecule has 0 radical (unpaired) electrons. The molecule has 0 aliphatic rings. The lowest BCUT2D eigenvalue weighted by Crippen LogP contribution is -2.49. The van der Waals surface area contributed by atoms with E-state index in [9.17, 15) is 23.6 Å². The van der Waals surface area contributed by atoms with Crippen LogP contribution >= 0.6 is 0 Å². The highest BCUT2D eigenvalue weighted by molar-refractivity contribution is 7.89. The number of benzene rings is 2. The Morgan fingerprint density at radius 2 is 1.72 bits per heavy atom. The van der Waals surface area contributed by atoms with Gasteiger partial charge >= 0.3 is 0 Å². The number of aliphatic hydroxyl groups is 1. The maximum Gasteiger partial charge on any atom is 0.269 e. The zero-order valence-electron chi connectivity index (χ0n) is 13.3. The van der Waals surface area contributed by atoms with E-state index >= 15 is 0 Å². The molecule has 0 aromatic heterocycles. The van der Waals surface area contributed by atoms with Crippen LogP contribution in [0.2, 0.25) is 0 Å². The van der Waals surface area contributed by atoms with Crippen LogP contribution in [0.3, 0.4) is 0 Å². The number of hydrogen-bond donors (Lipinski definition) is 3. The molecule has 9 heteroatoms. The number of nitro benzene ring substituents is 1. The summed E-state index contributed by atoms with van der Waals surface area (Å²) >= 11 is 0. The predicted octanol–water partition coefficient (Wildman–Crippen LogP) is 0.806. The lowest BCUT2D eigenvalue weighted by Gasteiger charge is -2.27. The molecule has 0 fully saturated rings. The molecule has 0 aliphatic heterocycles. The second kappa shape index (κ2) is 7.70. The Labute approximate surface area is 145 Å². The van der Waals surface area contributed by atoms with Gasteiger partial charge in [0.25, 0.3) is 5.69 Å². The second-order valence-electron chi connectivity index (χ2n) is 5.67. The molecular weight excluding hydrogens is 346 g/mol. The van der Waals surface area contributed by atoms with Crippen molar-refractivity contribution in [2.24, 2.45) is 5.73 Å². The van der Waals surface area contributed by atoms with Crippen molar-refractivity contribution < 1.29 is 18.4 Å². The molecule has 0 bridgehead atoms. The summed E-state index contributed by atoms with van der Waals surface area (Å²) in [4.78, 5) is 9.88. The van der Waals surface area contributed by atoms with Crippen molar-refractivity contribution in [3.05, 3.63) is 70.3 Å². The average Bonchev–Trinajstić information content (AvgIpc) is 2.61. The van der Waals surface area contributed by atoms with Crippen molar-refractivity contribution in [3.8, 4) is 0 Å². The summed E-state index contributed by atoms with van der Waals surface area (Å²) in [6, 6.07) is 13.6. The summed E-state index contributed by atoms with van der Waals surface area (Å²) < 4.78 is 26.9. The molecule has 0 amide bonds. The van der Waals surface area contributed by atoms with E-state index in [1.165, 1.54) is 0 Å². The fourth-order valence-corrected chi connectivity index (χ4v) is 3.36. The smallest absolute Gasteiger partial charge is 0.269 e. The highest BCUT2D eigenvalue weighted by Crippen LogP contribution is 2.17. The van der Waals surface area contributed by atoms with Gasteiger partial charge in [0.15, 0.2) is 0 Å². The van der Waals surface area contributed by atoms with Crippen LogP contribution in [0.15, 0.2) is 59.5 Å². The Bertz CT molecular complexity index is 825. The Kier molecular flexibility index (Phi) is 5.85. The quantitative estimate of drug-likeness (QED) is 0.468. The van der Waals surface area contributed by atoms with E-state index in [1.807, 2.05) is 30.3 Å². The van der Waals surface area contributed by atoms with Gasteiger partial charge in [-0.3, -0.25) is 10.1 Å². The van der Waals surface area contributed by atoms with E-state index in [0.717, 1.165) is 29.8 Å². The number of rotatable bonds is 8. The van der Waals surface area contributed by atoms with Gasteiger partial charge in [-0.2, -0.15) is 0 Å². The van der Waals surface area contributed by atoms with E-state index in [0.29, 0.717) is 0 Å². The molecular formula is C16H19N3O5S. The monoisotopic (exact) mass is 365 g/mol. The number of non-ortho nitro benzene ring substituents is 1. The summed E-state index contributed by atoms with van der Waals surface area (Å²) in [6.45, 7) is -0.414. The maximum absolute atomic E-state index is 12.3. The third-order valence-corrected chi connectivity index (χ3v) is 5.12. The first-order chi connectivity index (χ1) is 11.8. The third kappa shape index (κ3) is 5.07. The number of nitrogens with two attached hydrogens (primary N) is 1. The molecule has 0 saturated carbocycles. The van der Waals surface area contributed by atoms with Gasteiger partial charge in [-0.1, -0.05) is 30.3 Å². The number of hydrogen-bond acceptors (Lipinski definition) is 6.